The van der Waals surface area contributed by atoms with Gasteiger partial charge in [0.25, 0.3) is 0 Å². The molecule has 1 aromatic rings. The second-order valence-electron chi connectivity index (χ2n) is 5.06. The molecule has 11 heteroatoms. The molecule has 2 N–H and O–H groups in total. The Kier molecular flexibility index (Phi) is 7.84. The molecule has 0 unspecified atom stereocenters. The fourth-order valence-electron chi connectivity index (χ4n) is 1.81. The van der Waals surface area contributed by atoms with Gasteiger partial charge in [-0.2, -0.15) is 0 Å². The quantitative estimate of drug-likeness (QED) is 0.751. The van der Waals surface area contributed by atoms with E-state index in [1.807, 2.05) is 5.32 Å². The number of amides is 3. The number of anilines is 1. The van der Waals surface area contributed by atoms with Crippen molar-refractivity contribution in [1.82, 2.24) is 10.2 Å². The minimum absolute atomic E-state index is 0.115. The predicted molar refractivity (Wildman–Crippen MR) is 84.4 cm³/mol. The van der Waals surface area contributed by atoms with E-state index in [1.54, 1.807) is 6.92 Å². The number of ether oxygens (including phenoxy) is 2. The molecule has 0 spiro atoms. The molecule has 0 bridgehead atoms. The predicted octanol–water partition coefficient (Wildman–Crippen LogP) is 1.73. The zero-order valence-electron chi connectivity index (χ0n) is 14.1. The number of hydrogen-bond donors (Lipinski definition) is 2. The summed E-state index contributed by atoms with van der Waals surface area (Å²) in [5, 5.41) is 4.44. The van der Waals surface area contributed by atoms with E-state index in [9.17, 15) is 27.6 Å². The van der Waals surface area contributed by atoms with Crippen molar-refractivity contribution in [2.75, 3.05) is 32.1 Å². The second kappa shape index (κ2) is 9.61. The SMILES string of the molecule is CCOC(=O)NC(=O)CN(C)CC(=O)Nc1ccc(OC(F)(F)F)cc1. The summed E-state index contributed by atoms with van der Waals surface area (Å²) < 4.78 is 44.4. The molecule has 0 fully saturated rings. The van der Waals surface area contributed by atoms with Crippen LogP contribution in [0.2, 0.25) is 0 Å². The van der Waals surface area contributed by atoms with Crippen LogP contribution in [0.15, 0.2) is 24.3 Å². The van der Waals surface area contributed by atoms with Crippen molar-refractivity contribution < 1.29 is 37.0 Å². The van der Waals surface area contributed by atoms with Crippen molar-refractivity contribution in [1.29, 1.82) is 0 Å². The molecule has 1 rings (SSSR count). The molecule has 26 heavy (non-hydrogen) atoms. The Morgan fingerprint density at radius 1 is 1.08 bits per heavy atom. The number of benzene rings is 1. The fourth-order valence-corrected chi connectivity index (χ4v) is 1.81. The molecule has 0 heterocycles. The average Bonchev–Trinajstić information content (AvgIpc) is 2.47. The van der Waals surface area contributed by atoms with Gasteiger partial charge in [-0.25, -0.2) is 4.79 Å². The fraction of sp³-hybridized carbons (Fsp3) is 0.400. The lowest BCUT2D eigenvalue weighted by Gasteiger charge is -2.15. The van der Waals surface area contributed by atoms with Crippen molar-refractivity contribution in [3.63, 3.8) is 0 Å². The van der Waals surface area contributed by atoms with Crippen LogP contribution in [0.5, 0.6) is 5.75 Å². The maximum atomic E-state index is 12.1. The van der Waals surface area contributed by atoms with Gasteiger partial charge in [0.2, 0.25) is 11.8 Å². The third-order valence-electron chi connectivity index (χ3n) is 2.72. The number of carbonyl (C=O) groups excluding carboxylic acids is 3. The van der Waals surface area contributed by atoms with E-state index in [4.69, 9.17) is 0 Å². The first-order valence-electron chi connectivity index (χ1n) is 7.40. The van der Waals surface area contributed by atoms with Crippen LogP contribution in [0.3, 0.4) is 0 Å². The third kappa shape index (κ3) is 8.87. The maximum Gasteiger partial charge on any atom is 0.573 e. The standard InChI is InChI=1S/C15H18F3N3O5/c1-3-25-14(24)20-13(23)9-21(2)8-12(22)19-10-4-6-11(7-5-10)26-15(16,17)18/h4-7H,3,8-9H2,1-2H3,(H,19,22)(H,20,23,24). The smallest absolute Gasteiger partial charge is 0.450 e. The number of imide groups is 1. The number of nitrogens with one attached hydrogen (secondary N) is 2. The van der Waals surface area contributed by atoms with Gasteiger partial charge in [0.15, 0.2) is 0 Å². The summed E-state index contributed by atoms with van der Waals surface area (Å²) in [4.78, 5) is 35.8. The highest BCUT2D eigenvalue weighted by atomic mass is 19.4. The molecule has 144 valence electrons. The molecule has 0 aliphatic rings. The lowest BCUT2D eigenvalue weighted by molar-refractivity contribution is -0.274. The molecule has 0 aromatic heterocycles. The highest BCUT2D eigenvalue weighted by molar-refractivity contribution is 5.94. The van der Waals surface area contributed by atoms with Gasteiger partial charge in [0, 0.05) is 5.69 Å². The maximum absolute atomic E-state index is 12.1. The minimum Gasteiger partial charge on any atom is -0.450 e. The molecule has 0 aliphatic carbocycles. The first-order chi connectivity index (χ1) is 12.1. The normalized spacial score (nSPS) is 11.0. The number of alkyl carbamates (subject to hydrolysis) is 1. The van der Waals surface area contributed by atoms with Crippen LogP contribution < -0.4 is 15.4 Å². The Morgan fingerprint density at radius 2 is 1.65 bits per heavy atom. The molecule has 3 amide bonds. The zero-order chi connectivity index (χ0) is 19.7. The van der Waals surface area contributed by atoms with Gasteiger partial charge >= 0.3 is 12.5 Å². The van der Waals surface area contributed by atoms with Crippen LogP contribution >= 0.6 is 0 Å². The van der Waals surface area contributed by atoms with Gasteiger partial charge in [-0.3, -0.25) is 19.8 Å². The van der Waals surface area contributed by atoms with E-state index in [-0.39, 0.29) is 25.4 Å². The highest BCUT2D eigenvalue weighted by Gasteiger charge is 2.30. The Labute approximate surface area is 147 Å². The van der Waals surface area contributed by atoms with Crippen LogP contribution in [-0.2, 0) is 14.3 Å². The summed E-state index contributed by atoms with van der Waals surface area (Å²) >= 11 is 0. The van der Waals surface area contributed by atoms with Gasteiger partial charge in [-0.1, -0.05) is 0 Å². The van der Waals surface area contributed by atoms with E-state index in [1.165, 1.54) is 24.1 Å². The number of hydrogen-bond acceptors (Lipinski definition) is 6. The Bertz CT molecular complexity index is 634. The van der Waals surface area contributed by atoms with Crippen LogP contribution in [0.1, 0.15) is 6.92 Å². The van der Waals surface area contributed by atoms with Crippen LogP contribution in [0.25, 0.3) is 0 Å². The molecule has 0 atom stereocenters. The van der Waals surface area contributed by atoms with Gasteiger partial charge in [-0.15, -0.1) is 13.2 Å². The summed E-state index contributed by atoms with van der Waals surface area (Å²) in [6, 6.07) is 4.60. The number of nitrogens with zero attached hydrogens (tertiary/aromatic N) is 1. The lowest BCUT2D eigenvalue weighted by atomic mass is 10.3. The molecular formula is C15H18F3N3O5. The third-order valence-corrected chi connectivity index (χ3v) is 2.72. The van der Waals surface area contributed by atoms with E-state index < -0.39 is 30.0 Å². The van der Waals surface area contributed by atoms with Crippen LogP contribution in [0, 0.1) is 0 Å². The summed E-state index contributed by atoms with van der Waals surface area (Å²) in [5.74, 6) is -1.56. The molecule has 8 nitrogen and oxygen atoms in total. The molecule has 0 aliphatic heterocycles. The first-order valence-corrected chi connectivity index (χ1v) is 7.40. The van der Waals surface area contributed by atoms with Crippen LogP contribution in [0.4, 0.5) is 23.7 Å². The minimum atomic E-state index is -4.79. The summed E-state index contributed by atoms with van der Waals surface area (Å²) in [6.45, 7) is 1.29. The van der Waals surface area contributed by atoms with Crippen molar-refractivity contribution >= 4 is 23.6 Å². The molecular weight excluding hydrogens is 359 g/mol. The van der Waals surface area contributed by atoms with E-state index in [0.717, 1.165) is 12.1 Å². The largest absolute Gasteiger partial charge is 0.573 e. The van der Waals surface area contributed by atoms with E-state index in [2.05, 4.69) is 14.8 Å². The van der Waals surface area contributed by atoms with Crippen molar-refractivity contribution in [2.45, 2.75) is 13.3 Å². The lowest BCUT2D eigenvalue weighted by Crippen LogP contribution is -2.41. The van der Waals surface area contributed by atoms with Crippen LogP contribution in [-0.4, -0.2) is 55.9 Å². The average molecular weight is 377 g/mol. The summed E-state index contributed by atoms with van der Waals surface area (Å²) in [6.07, 6.45) is -5.67. The van der Waals surface area contributed by atoms with Gasteiger partial charge in [0.05, 0.1) is 19.7 Å². The molecule has 0 saturated carbocycles. The number of halogens is 3. The van der Waals surface area contributed by atoms with E-state index >= 15 is 0 Å². The second-order valence-corrected chi connectivity index (χ2v) is 5.06. The molecule has 0 radical (unpaired) electrons. The van der Waals surface area contributed by atoms with Crippen molar-refractivity contribution in [3.8, 4) is 5.75 Å². The molecule has 0 saturated heterocycles. The zero-order valence-corrected chi connectivity index (χ0v) is 14.1. The van der Waals surface area contributed by atoms with Gasteiger partial charge in [0.1, 0.15) is 5.75 Å². The number of likely N-dealkylation sites (N-methyl/N-ethyl adjacent to an activating group) is 1. The van der Waals surface area contributed by atoms with Gasteiger partial charge < -0.3 is 14.8 Å². The Hall–Kier alpha value is -2.82. The number of alkyl halides is 3. The Morgan fingerprint density at radius 3 is 2.19 bits per heavy atom. The summed E-state index contributed by atoms with van der Waals surface area (Å²) in [7, 11) is 1.48. The molecule has 1 aromatic carbocycles. The van der Waals surface area contributed by atoms with Crippen molar-refractivity contribution in [2.24, 2.45) is 0 Å². The van der Waals surface area contributed by atoms with E-state index in [0.29, 0.717) is 0 Å². The van der Waals surface area contributed by atoms with Gasteiger partial charge in [-0.05, 0) is 38.2 Å². The highest BCUT2D eigenvalue weighted by Crippen LogP contribution is 2.23. The first kappa shape index (κ1) is 21.2. The number of carbonyl (C=O) groups is 3. The summed E-state index contributed by atoms with van der Waals surface area (Å²) in [5.41, 5.74) is 0.258. The number of rotatable bonds is 7. The monoisotopic (exact) mass is 377 g/mol. The topological polar surface area (TPSA) is 97.0 Å². The Balaban J connectivity index is 2.43. The van der Waals surface area contributed by atoms with Crippen molar-refractivity contribution in [3.05, 3.63) is 24.3 Å².